The van der Waals surface area contributed by atoms with Crippen molar-refractivity contribution in [2.45, 2.75) is 11.4 Å². The molecule has 212 valence electrons. The molecule has 2 N–H and O–H groups in total. The quantitative estimate of drug-likeness (QED) is 0.119. The number of fused-ring (bicyclic) bond motifs is 1. The van der Waals surface area contributed by atoms with Gasteiger partial charge in [-0.1, -0.05) is 23.9 Å². The van der Waals surface area contributed by atoms with Crippen LogP contribution >= 0.6 is 11.8 Å². The number of para-hydroxylation sites is 1. The van der Waals surface area contributed by atoms with Crippen molar-refractivity contribution in [2.75, 3.05) is 96.5 Å². The summed E-state index contributed by atoms with van der Waals surface area (Å²) >= 11 is 1.75. The third-order valence-corrected chi connectivity index (χ3v) is 6.98. The molecule has 0 aliphatic carbocycles. The summed E-state index contributed by atoms with van der Waals surface area (Å²) < 4.78 is 23.7. The number of aromatic nitrogens is 1. The number of hydrogen-bond donors (Lipinski definition) is 2. The molecule has 0 saturated carbocycles. The number of rotatable bonds is 18. The lowest BCUT2D eigenvalue weighted by molar-refractivity contribution is -0.686. The van der Waals surface area contributed by atoms with E-state index in [-0.39, 0.29) is 37.2 Å². The monoisotopic (exact) mass is 661 g/mol. The largest absolute Gasteiger partial charge is 1.00 e. The Morgan fingerprint density at radius 3 is 2.18 bits per heavy atom. The highest BCUT2D eigenvalue weighted by atomic mass is 127. The molecule has 0 saturated heterocycles. The molecule has 38 heavy (non-hydrogen) atoms. The van der Waals surface area contributed by atoms with Gasteiger partial charge in [-0.25, -0.2) is 4.57 Å². The summed E-state index contributed by atoms with van der Waals surface area (Å²) in [6.45, 7) is 5.25. The van der Waals surface area contributed by atoms with Gasteiger partial charge in [0.15, 0.2) is 0 Å². The van der Waals surface area contributed by atoms with Gasteiger partial charge in [0.25, 0.3) is 5.82 Å². The Bertz CT molecular complexity index is 978. The van der Waals surface area contributed by atoms with E-state index in [1.807, 2.05) is 11.1 Å². The van der Waals surface area contributed by atoms with Crippen molar-refractivity contribution >= 4 is 29.3 Å². The third-order valence-electron chi connectivity index (χ3n) is 5.81. The van der Waals surface area contributed by atoms with E-state index in [0.29, 0.717) is 65.9 Å². The van der Waals surface area contributed by atoms with Crippen molar-refractivity contribution in [3.05, 3.63) is 53.2 Å². The highest BCUT2D eigenvalue weighted by molar-refractivity contribution is 8.03. The zero-order valence-electron chi connectivity index (χ0n) is 22.3. The second kappa shape index (κ2) is 18.8. The summed E-state index contributed by atoms with van der Waals surface area (Å²) in [4.78, 5) is 5.43. The molecule has 1 aliphatic rings. The van der Waals surface area contributed by atoms with Crippen molar-refractivity contribution in [3.8, 4) is 0 Å². The second-order valence-corrected chi connectivity index (χ2v) is 9.45. The van der Waals surface area contributed by atoms with Crippen molar-refractivity contribution in [3.63, 3.8) is 0 Å². The van der Waals surface area contributed by atoms with Gasteiger partial charge in [-0.3, -0.25) is 4.90 Å². The highest BCUT2D eigenvalue weighted by Crippen LogP contribution is 2.45. The van der Waals surface area contributed by atoms with Crippen LogP contribution in [0.25, 0.3) is 6.08 Å². The maximum absolute atomic E-state index is 9.62. The van der Waals surface area contributed by atoms with E-state index < -0.39 is 0 Å². The van der Waals surface area contributed by atoms with E-state index in [2.05, 4.69) is 59.0 Å². The Hall–Kier alpha value is -1.45. The van der Waals surface area contributed by atoms with Crippen LogP contribution in [-0.4, -0.2) is 96.9 Å². The zero-order chi connectivity index (χ0) is 26.3. The highest BCUT2D eigenvalue weighted by Gasteiger charge is 2.23. The first-order chi connectivity index (χ1) is 18.2. The molecule has 9 nitrogen and oxygen atoms in total. The summed E-state index contributed by atoms with van der Waals surface area (Å²) in [7, 11) is 3.72. The molecule has 0 radical (unpaired) electrons. The van der Waals surface area contributed by atoms with Crippen LogP contribution in [0.4, 0.5) is 11.5 Å². The summed E-state index contributed by atoms with van der Waals surface area (Å²) in [5.41, 5.74) is 2.25. The summed E-state index contributed by atoms with van der Waals surface area (Å²) in [6.07, 6.45) is 4.20. The van der Waals surface area contributed by atoms with Gasteiger partial charge < -0.3 is 58.0 Å². The van der Waals surface area contributed by atoms with Crippen LogP contribution in [-0.2, 0) is 25.5 Å². The van der Waals surface area contributed by atoms with E-state index in [4.69, 9.17) is 18.9 Å². The third kappa shape index (κ3) is 10.3. The maximum atomic E-state index is 9.62. The molecule has 11 heteroatoms. The number of pyridine rings is 1. The van der Waals surface area contributed by atoms with Crippen LogP contribution in [0, 0.1) is 0 Å². The van der Waals surface area contributed by atoms with Crippen molar-refractivity contribution < 1.29 is 57.7 Å². The Morgan fingerprint density at radius 1 is 0.921 bits per heavy atom. The fraction of sp³-hybridized carbons (Fsp3) is 0.519. The van der Waals surface area contributed by atoms with Gasteiger partial charge in [0.2, 0.25) is 0 Å². The maximum Gasteiger partial charge on any atom is 0.277 e. The standard InChI is InChI=1S/C27H40N3O6S.HI/c1-28-24-5-3-4-6-25(24)37-27(28)22-23-7-8-29(26(21-23)30(9-12-31)10-13-32)11-14-34-17-18-36-20-19-35-16-15-33-2;/h3-8,21-22,31-32H,9-20H2,1-2H3;1H/q+1;/p-1. The number of benzene rings is 1. The van der Waals surface area contributed by atoms with Gasteiger partial charge in [-0.15, -0.1) is 0 Å². The Balaban J connectivity index is 0.00000507. The summed E-state index contributed by atoms with van der Waals surface area (Å²) in [5.74, 6) is 0.925. The fourth-order valence-corrected chi connectivity index (χ4v) is 5.01. The van der Waals surface area contributed by atoms with Crippen molar-refractivity contribution in [1.82, 2.24) is 0 Å². The van der Waals surface area contributed by atoms with Crippen LogP contribution < -0.4 is 38.3 Å². The predicted molar refractivity (Wildman–Crippen MR) is 146 cm³/mol. The zero-order valence-corrected chi connectivity index (χ0v) is 25.2. The first-order valence-corrected chi connectivity index (χ1v) is 13.4. The molecule has 1 aliphatic heterocycles. The topological polar surface area (TPSA) is 87.7 Å². The molecule has 2 aromatic rings. The minimum atomic E-state index is 0. The number of aliphatic hydroxyl groups is 2. The van der Waals surface area contributed by atoms with Gasteiger partial charge in [0, 0.05) is 25.1 Å². The van der Waals surface area contributed by atoms with Crippen molar-refractivity contribution in [2.24, 2.45) is 0 Å². The number of methoxy groups -OCH3 is 1. The summed E-state index contributed by atoms with van der Waals surface area (Å²) in [5, 5.41) is 20.4. The molecule has 0 fully saturated rings. The fourth-order valence-electron chi connectivity index (χ4n) is 3.90. The van der Waals surface area contributed by atoms with Crippen LogP contribution in [0.3, 0.4) is 0 Å². The number of halogens is 1. The molecular weight excluding hydrogens is 621 g/mol. The molecule has 1 aromatic heterocycles. The number of hydrogen-bond acceptors (Lipinski definition) is 9. The molecule has 1 aromatic carbocycles. The first kappa shape index (κ1) is 32.8. The van der Waals surface area contributed by atoms with E-state index in [1.54, 1.807) is 18.9 Å². The molecule has 0 amide bonds. The van der Waals surface area contributed by atoms with Crippen molar-refractivity contribution in [1.29, 1.82) is 0 Å². The van der Waals surface area contributed by atoms with E-state index in [1.165, 1.54) is 10.6 Å². The Labute approximate surface area is 247 Å². The Morgan fingerprint density at radius 2 is 1.55 bits per heavy atom. The van der Waals surface area contributed by atoms with Crippen LogP contribution in [0.5, 0.6) is 0 Å². The van der Waals surface area contributed by atoms with Gasteiger partial charge in [-0.2, -0.15) is 0 Å². The Kier molecular flexibility index (Phi) is 16.2. The van der Waals surface area contributed by atoms with Gasteiger partial charge in [0.1, 0.15) is 19.6 Å². The molecule has 0 spiro atoms. The van der Waals surface area contributed by atoms with E-state index >= 15 is 0 Å². The SMILES string of the molecule is COCCOCCOCCOCC[n+]1ccc(C=C2Sc3ccccc3N2C)cc1N(CCO)CCO.[I-]. The van der Waals surface area contributed by atoms with Gasteiger partial charge in [-0.05, 0) is 29.8 Å². The molecule has 0 unspecified atom stereocenters. The van der Waals surface area contributed by atoms with Gasteiger partial charge >= 0.3 is 0 Å². The van der Waals surface area contributed by atoms with E-state index in [9.17, 15) is 10.2 Å². The number of anilines is 2. The minimum absolute atomic E-state index is 0. The molecular formula is C27H40IN3O6S. The lowest BCUT2D eigenvalue weighted by Gasteiger charge is -2.19. The second-order valence-electron chi connectivity index (χ2n) is 8.39. The lowest BCUT2D eigenvalue weighted by Crippen LogP contribution is -3.00. The number of nitrogens with zero attached hydrogens (tertiary/aromatic N) is 3. The molecule has 3 rings (SSSR count). The number of thioether (sulfide) groups is 1. The molecule has 0 bridgehead atoms. The van der Waals surface area contributed by atoms with E-state index in [0.717, 1.165) is 16.4 Å². The average molecular weight is 662 g/mol. The van der Waals surface area contributed by atoms with Crippen LogP contribution in [0.1, 0.15) is 5.56 Å². The van der Waals surface area contributed by atoms with Crippen LogP contribution in [0.15, 0.2) is 52.5 Å². The smallest absolute Gasteiger partial charge is 0.277 e. The molecule has 2 heterocycles. The normalized spacial score (nSPS) is 13.6. The number of aliphatic hydroxyl groups excluding tert-OH is 2. The predicted octanol–water partition coefficient (Wildman–Crippen LogP) is -0.994. The number of ether oxygens (including phenoxy) is 4. The minimum Gasteiger partial charge on any atom is -1.00 e. The van der Waals surface area contributed by atoms with Gasteiger partial charge in [0.05, 0.1) is 76.4 Å². The first-order valence-electron chi connectivity index (χ1n) is 12.6. The van der Waals surface area contributed by atoms with Crippen LogP contribution in [0.2, 0.25) is 0 Å². The molecule has 0 atom stereocenters. The lowest BCUT2D eigenvalue weighted by atomic mass is 10.2. The average Bonchev–Trinajstić information content (AvgIpc) is 3.22. The summed E-state index contributed by atoms with van der Waals surface area (Å²) in [6, 6.07) is 12.5.